The zero-order chi connectivity index (χ0) is 20.6. The second-order valence-corrected chi connectivity index (χ2v) is 9.59. The number of alkyl carbamates (subject to hydrolysis) is 2. The number of amides is 2. The Kier molecular flexibility index (Phi) is 9.36. The van der Waals surface area contributed by atoms with Crippen LogP contribution in [0.2, 0.25) is 0 Å². The molecule has 0 saturated heterocycles. The number of hydrogen-bond donors (Lipinski definition) is 2. The van der Waals surface area contributed by atoms with Crippen LogP contribution < -0.4 is 10.6 Å². The number of ether oxygens (including phenoxy) is 2. The van der Waals surface area contributed by atoms with Crippen molar-refractivity contribution in [3.8, 4) is 0 Å². The first-order valence-electron chi connectivity index (χ1n) is 8.35. The van der Waals surface area contributed by atoms with Crippen LogP contribution in [0.5, 0.6) is 0 Å². The minimum Gasteiger partial charge on any atom is -0.444 e. The van der Waals surface area contributed by atoms with Crippen LogP contribution in [0.25, 0.3) is 0 Å². The van der Waals surface area contributed by atoms with E-state index in [1.165, 1.54) is 0 Å². The predicted molar refractivity (Wildman–Crippen MR) is 97.4 cm³/mol. The van der Waals surface area contributed by atoms with Crippen LogP contribution >= 0.6 is 0 Å². The first-order valence-corrected chi connectivity index (χ1v) is 10.2. The Morgan fingerprint density at radius 2 is 1.27 bits per heavy atom. The van der Waals surface area contributed by atoms with Gasteiger partial charge in [0, 0.05) is 13.1 Å². The van der Waals surface area contributed by atoms with Gasteiger partial charge in [-0.15, -0.1) is 0 Å². The molecule has 0 aliphatic heterocycles. The van der Waals surface area contributed by atoms with Gasteiger partial charge in [0.15, 0.2) is 0 Å². The molecule has 0 aromatic rings. The molecule has 2 N–H and O–H groups in total. The van der Waals surface area contributed by atoms with Crippen LogP contribution in [0.15, 0.2) is 0 Å². The SMILES string of the molecule is CC(C)(C)OC(=O)NCC(CCOS(C)(=O)=O)CNC(=O)OC(C)(C)C. The summed E-state index contributed by atoms with van der Waals surface area (Å²) in [6.45, 7) is 10.8. The molecule has 2 amide bonds. The molecule has 10 heteroatoms. The fourth-order valence-electron chi connectivity index (χ4n) is 1.73. The Bertz CT molecular complexity index is 530. The summed E-state index contributed by atoms with van der Waals surface area (Å²) in [5, 5.41) is 5.20. The summed E-state index contributed by atoms with van der Waals surface area (Å²) in [6, 6.07) is 0. The van der Waals surface area contributed by atoms with Crippen molar-refractivity contribution >= 4 is 22.3 Å². The van der Waals surface area contributed by atoms with E-state index in [1.807, 2.05) is 0 Å². The molecule has 0 spiro atoms. The molecule has 0 aromatic carbocycles. The minimum atomic E-state index is -3.55. The third-order valence-electron chi connectivity index (χ3n) is 2.69. The van der Waals surface area contributed by atoms with Crippen LogP contribution in [0.4, 0.5) is 9.59 Å². The molecule has 26 heavy (non-hydrogen) atoms. The van der Waals surface area contributed by atoms with Crippen LogP contribution in [-0.2, 0) is 23.8 Å². The lowest BCUT2D eigenvalue weighted by molar-refractivity contribution is 0.0504. The van der Waals surface area contributed by atoms with E-state index in [-0.39, 0.29) is 25.6 Å². The Labute approximate surface area is 156 Å². The average Bonchev–Trinajstić information content (AvgIpc) is 2.35. The highest BCUT2D eigenvalue weighted by Gasteiger charge is 2.20. The summed E-state index contributed by atoms with van der Waals surface area (Å²) in [6.07, 6.45) is 0.0751. The van der Waals surface area contributed by atoms with E-state index >= 15 is 0 Å². The van der Waals surface area contributed by atoms with E-state index in [9.17, 15) is 18.0 Å². The third-order valence-corrected chi connectivity index (χ3v) is 3.29. The van der Waals surface area contributed by atoms with Gasteiger partial charge < -0.3 is 20.1 Å². The lowest BCUT2D eigenvalue weighted by Crippen LogP contribution is -2.40. The van der Waals surface area contributed by atoms with Gasteiger partial charge in [-0.1, -0.05) is 0 Å². The van der Waals surface area contributed by atoms with Crippen molar-refractivity contribution in [3.05, 3.63) is 0 Å². The van der Waals surface area contributed by atoms with Gasteiger partial charge >= 0.3 is 12.2 Å². The van der Waals surface area contributed by atoms with Gasteiger partial charge in [0.05, 0.1) is 12.9 Å². The third kappa shape index (κ3) is 15.9. The van der Waals surface area contributed by atoms with E-state index in [4.69, 9.17) is 13.7 Å². The van der Waals surface area contributed by atoms with E-state index < -0.39 is 33.5 Å². The van der Waals surface area contributed by atoms with Crippen molar-refractivity contribution in [3.63, 3.8) is 0 Å². The van der Waals surface area contributed by atoms with Gasteiger partial charge in [0.25, 0.3) is 10.1 Å². The molecule has 154 valence electrons. The first-order chi connectivity index (χ1) is 11.6. The number of nitrogens with one attached hydrogen (secondary N) is 2. The van der Waals surface area contributed by atoms with E-state index in [1.54, 1.807) is 41.5 Å². The van der Waals surface area contributed by atoms with Crippen LogP contribution in [0.1, 0.15) is 48.0 Å². The maximum atomic E-state index is 11.7. The number of carbonyl (C=O) groups is 2. The molecule has 0 fully saturated rings. The second kappa shape index (κ2) is 9.96. The van der Waals surface area contributed by atoms with Gasteiger partial charge in [0.1, 0.15) is 11.2 Å². The predicted octanol–water partition coefficient (Wildman–Crippen LogP) is 2.02. The second-order valence-electron chi connectivity index (χ2n) is 7.95. The highest BCUT2D eigenvalue weighted by atomic mass is 32.2. The highest BCUT2D eigenvalue weighted by molar-refractivity contribution is 7.85. The monoisotopic (exact) mass is 396 g/mol. The number of hydrogen-bond acceptors (Lipinski definition) is 7. The lowest BCUT2D eigenvalue weighted by Gasteiger charge is -2.23. The molecule has 0 rings (SSSR count). The summed E-state index contributed by atoms with van der Waals surface area (Å²) in [5.41, 5.74) is -1.26. The number of rotatable bonds is 8. The molecule has 0 aromatic heterocycles. The van der Waals surface area contributed by atoms with Gasteiger partial charge in [0.2, 0.25) is 0 Å². The van der Waals surface area contributed by atoms with Gasteiger partial charge in [-0.05, 0) is 53.9 Å². The molecule has 9 nitrogen and oxygen atoms in total. The van der Waals surface area contributed by atoms with E-state index in [2.05, 4.69) is 10.6 Å². The Morgan fingerprint density at radius 3 is 1.58 bits per heavy atom. The van der Waals surface area contributed by atoms with Crippen molar-refractivity contribution < 1.29 is 31.7 Å². The van der Waals surface area contributed by atoms with Crippen molar-refractivity contribution in [2.45, 2.75) is 59.2 Å². The molecule has 0 saturated carbocycles. The molecular weight excluding hydrogens is 364 g/mol. The topological polar surface area (TPSA) is 120 Å². The quantitative estimate of drug-likeness (QED) is 0.602. The largest absolute Gasteiger partial charge is 0.444 e. The molecule has 0 radical (unpaired) electrons. The zero-order valence-corrected chi connectivity index (χ0v) is 17.5. The van der Waals surface area contributed by atoms with E-state index in [0.717, 1.165) is 6.26 Å². The van der Waals surface area contributed by atoms with Crippen molar-refractivity contribution in [1.29, 1.82) is 0 Å². The maximum Gasteiger partial charge on any atom is 0.407 e. The van der Waals surface area contributed by atoms with Gasteiger partial charge in [-0.25, -0.2) is 9.59 Å². The molecule has 0 aliphatic rings. The first kappa shape index (κ1) is 24.5. The van der Waals surface area contributed by atoms with E-state index in [0.29, 0.717) is 6.42 Å². The summed E-state index contributed by atoms with van der Waals surface area (Å²) in [4.78, 5) is 23.5. The van der Waals surface area contributed by atoms with Crippen molar-refractivity contribution in [1.82, 2.24) is 10.6 Å². The fraction of sp³-hybridized carbons (Fsp3) is 0.875. The Hall–Kier alpha value is -1.55. The van der Waals surface area contributed by atoms with Crippen molar-refractivity contribution in [2.75, 3.05) is 26.0 Å². The molecular formula is C16H32N2O7S. The highest BCUT2D eigenvalue weighted by Crippen LogP contribution is 2.09. The average molecular weight is 397 g/mol. The summed E-state index contributed by atoms with van der Waals surface area (Å²) in [5.74, 6) is -0.267. The fourth-order valence-corrected chi connectivity index (χ4v) is 2.13. The molecule has 0 bridgehead atoms. The lowest BCUT2D eigenvalue weighted by atomic mass is 10.1. The number of carbonyl (C=O) groups excluding carboxylic acids is 2. The Balaban J connectivity index is 4.58. The molecule has 0 atom stereocenters. The van der Waals surface area contributed by atoms with Gasteiger partial charge in [-0.3, -0.25) is 4.18 Å². The summed E-state index contributed by atoms with van der Waals surface area (Å²) < 4.78 is 37.1. The van der Waals surface area contributed by atoms with Crippen LogP contribution in [-0.4, -0.2) is 57.8 Å². The maximum absolute atomic E-state index is 11.7. The minimum absolute atomic E-state index is 0.0600. The molecule has 0 unspecified atom stereocenters. The summed E-state index contributed by atoms with van der Waals surface area (Å²) >= 11 is 0. The summed E-state index contributed by atoms with van der Waals surface area (Å²) in [7, 11) is -3.55. The zero-order valence-electron chi connectivity index (χ0n) is 16.7. The van der Waals surface area contributed by atoms with Gasteiger partial charge in [-0.2, -0.15) is 8.42 Å². The Morgan fingerprint density at radius 1 is 0.885 bits per heavy atom. The van der Waals surface area contributed by atoms with Crippen molar-refractivity contribution in [2.24, 2.45) is 5.92 Å². The smallest absolute Gasteiger partial charge is 0.407 e. The van der Waals surface area contributed by atoms with Crippen LogP contribution in [0.3, 0.4) is 0 Å². The molecule has 0 aliphatic carbocycles. The standard InChI is InChI=1S/C16H32N2O7S/c1-15(2,3)24-13(19)17-10-12(8-9-23-26(7,21)22)11-18-14(20)25-16(4,5)6/h12H,8-11H2,1-7H3,(H,17,19)(H,18,20). The van der Waals surface area contributed by atoms with Crippen LogP contribution in [0, 0.1) is 5.92 Å². The molecule has 0 heterocycles. The normalized spacial score (nSPS) is 12.6.